The molecule has 1 aliphatic rings. The van der Waals surface area contributed by atoms with E-state index in [4.69, 9.17) is 0 Å². The van der Waals surface area contributed by atoms with Crippen LogP contribution in [0.2, 0.25) is 0 Å². The third-order valence-electron chi connectivity index (χ3n) is 4.11. The highest BCUT2D eigenvalue weighted by Gasteiger charge is 2.31. The van der Waals surface area contributed by atoms with Gasteiger partial charge in [-0.05, 0) is 25.0 Å². The average molecular weight is 300 g/mol. The van der Waals surface area contributed by atoms with Gasteiger partial charge in [0.2, 0.25) is 5.91 Å². The van der Waals surface area contributed by atoms with Crippen LogP contribution in [0.4, 0.5) is 5.69 Å². The lowest BCUT2D eigenvalue weighted by atomic mass is 9.82. The van der Waals surface area contributed by atoms with E-state index in [1.807, 2.05) is 18.2 Å². The van der Waals surface area contributed by atoms with Gasteiger partial charge in [0.05, 0.1) is 29.6 Å². The Kier molecular flexibility index (Phi) is 4.20. The fourth-order valence-electron chi connectivity index (χ4n) is 2.97. The zero-order chi connectivity index (χ0) is 15.4. The quantitative estimate of drug-likeness (QED) is 0.809. The van der Waals surface area contributed by atoms with E-state index in [-0.39, 0.29) is 12.3 Å². The lowest BCUT2D eigenvalue weighted by molar-refractivity contribution is -0.122. The molecule has 0 bridgehead atoms. The van der Waals surface area contributed by atoms with E-state index in [9.17, 15) is 9.90 Å². The highest BCUT2D eigenvalue weighted by molar-refractivity contribution is 5.94. The zero-order valence-electron chi connectivity index (χ0n) is 12.4. The van der Waals surface area contributed by atoms with E-state index >= 15 is 0 Å². The van der Waals surface area contributed by atoms with Gasteiger partial charge in [0, 0.05) is 6.20 Å². The van der Waals surface area contributed by atoms with Gasteiger partial charge in [0.15, 0.2) is 0 Å². The number of rotatable bonds is 4. The number of pyridine rings is 1. The van der Waals surface area contributed by atoms with E-state index in [0.717, 1.165) is 19.3 Å². The second-order valence-corrected chi connectivity index (χ2v) is 5.88. The normalized spacial score (nSPS) is 17.1. The second-order valence-electron chi connectivity index (χ2n) is 5.88. The second kappa shape index (κ2) is 6.27. The Balaban J connectivity index is 1.69. The first-order chi connectivity index (χ1) is 10.7. The third-order valence-corrected chi connectivity index (χ3v) is 4.11. The predicted octanol–water partition coefficient (Wildman–Crippen LogP) is 2.50. The SMILES string of the molecule is O=C(CC1(O)CCCCC1)Nc1cn[nH]c1-c1ccccn1. The van der Waals surface area contributed by atoms with Gasteiger partial charge in [-0.2, -0.15) is 5.10 Å². The van der Waals surface area contributed by atoms with Crippen molar-refractivity contribution < 1.29 is 9.90 Å². The van der Waals surface area contributed by atoms with Crippen molar-refractivity contribution in [1.29, 1.82) is 0 Å². The van der Waals surface area contributed by atoms with Gasteiger partial charge >= 0.3 is 0 Å². The van der Waals surface area contributed by atoms with Crippen LogP contribution >= 0.6 is 0 Å². The number of H-pyrrole nitrogens is 1. The van der Waals surface area contributed by atoms with E-state index in [0.29, 0.717) is 29.9 Å². The fourth-order valence-corrected chi connectivity index (χ4v) is 2.97. The molecule has 0 saturated heterocycles. The van der Waals surface area contributed by atoms with E-state index in [2.05, 4.69) is 20.5 Å². The zero-order valence-corrected chi connectivity index (χ0v) is 12.4. The summed E-state index contributed by atoms with van der Waals surface area (Å²) in [6.07, 6.45) is 7.86. The van der Waals surface area contributed by atoms with Crippen molar-refractivity contribution in [2.75, 3.05) is 5.32 Å². The van der Waals surface area contributed by atoms with Gasteiger partial charge in [-0.15, -0.1) is 0 Å². The van der Waals surface area contributed by atoms with Crippen LogP contribution in [0.1, 0.15) is 38.5 Å². The van der Waals surface area contributed by atoms with Crippen LogP contribution in [0.5, 0.6) is 0 Å². The summed E-state index contributed by atoms with van der Waals surface area (Å²) >= 11 is 0. The van der Waals surface area contributed by atoms with E-state index in [1.54, 1.807) is 12.4 Å². The molecule has 6 nitrogen and oxygen atoms in total. The standard InChI is InChI=1S/C16H20N4O2/c21-14(10-16(22)7-3-1-4-8-16)19-13-11-18-20-15(13)12-6-2-5-9-17-12/h2,5-6,9,11,22H,1,3-4,7-8,10H2,(H,18,20)(H,19,21). The molecule has 3 N–H and O–H groups in total. The molecule has 6 heteroatoms. The molecule has 3 rings (SSSR count). The van der Waals surface area contributed by atoms with Crippen molar-refractivity contribution in [2.45, 2.75) is 44.1 Å². The number of aromatic amines is 1. The summed E-state index contributed by atoms with van der Waals surface area (Å²) in [4.78, 5) is 16.5. The molecule has 1 saturated carbocycles. The molecule has 2 aromatic heterocycles. The van der Waals surface area contributed by atoms with Gasteiger partial charge in [0.1, 0.15) is 5.69 Å². The van der Waals surface area contributed by atoms with Crippen molar-refractivity contribution in [1.82, 2.24) is 15.2 Å². The Morgan fingerprint density at radius 1 is 1.32 bits per heavy atom. The molecular weight excluding hydrogens is 280 g/mol. The molecule has 0 atom stereocenters. The smallest absolute Gasteiger partial charge is 0.227 e. The van der Waals surface area contributed by atoms with Crippen LogP contribution in [-0.2, 0) is 4.79 Å². The Morgan fingerprint density at radius 3 is 2.86 bits per heavy atom. The van der Waals surface area contributed by atoms with Crippen LogP contribution in [0.25, 0.3) is 11.4 Å². The summed E-state index contributed by atoms with van der Waals surface area (Å²) < 4.78 is 0. The Hall–Kier alpha value is -2.21. The van der Waals surface area contributed by atoms with Crippen LogP contribution in [0, 0.1) is 0 Å². The van der Waals surface area contributed by atoms with Crippen molar-refractivity contribution in [3.63, 3.8) is 0 Å². The van der Waals surface area contributed by atoms with Crippen molar-refractivity contribution in [3.8, 4) is 11.4 Å². The largest absolute Gasteiger partial charge is 0.389 e. The minimum atomic E-state index is -0.864. The molecule has 22 heavy (non-hydrogen) atoms. The number of carbonyl (C=O) groups is 1. The number of aliphatic hydroxyl groups is 1. The number of aromatic nitrogens is 3. The van der Waals surface area contributed by atoms with Crippen LogP contribution in [0.15, 0.2) is 30.6 Å². The summed E-state index contributed by atoms with van der Waals surface area (Å²) in [6, 6.07) is 5.55. The lowest BCUT2D eigenvalue weighted by Gasteiger charge is -2.31. The molecule has 1 fully saturated rings. The van der Waals surface area contributed by atoms with Crippen LogP contribution in [0.3, 0.4) is 0 Å². The summed E-state index contributed by atoms with van der Waals surface area (Å²) in [5.41, 5.74) is 1.11. The maximum absolute atomic E-state index is 12.2. The Labute approximate surface area is 129 Å². The molecule has 2 aromatic rings. The van der Waals surface area contributed by atoms with Crippen LogP contribution < -0.4 is 5.32 Å². The minimum absolute atomic E-state index is 0.125. The molecule has 0 aromatic carbocycles. The molecule has 0 spiro atoms. The van der Waals surface area contributed by atoms with Crippen LogP contribution in [-0.4, -0.2) is 31.8 Å². The lowest BCUT2D eigenvalue weighted by Crippen LogP contribution is -2.35. The molecule has 0 radical (unpaired) electrons. The van der Waals surface area contributed by atoms with Gasteiger partial charge < -0.3 is 10.4 Å². The highest BCUT2D eigenvalue weighted by Crippen LogP contribution is 2.31. The number of anilines is 1. The predicted molar refractivity (Wildman–Crippen MR) is 83.1 cm³/mol. The Morgan fingerprint density at radius 2 is 2.14 bits per heavy atom. The Bertz CT molecular complexity index is 633. The summed E-state index contributed by atoms with van der Waals surface area (Å²) in [5.74, 6) is -0.192. The first kappa shape index (κ1) is 14.7. The minimum Gasteiger partial charge on any atom is -0.389 e. The van der Waals surface area contributed by atoms with Crippen molar-refractivity contribution in [2.24, 2.45) is 0 Å². The maximum Gasteiger partial charge on any atom is 0.227 e. The number of nitrogens with one attached hydrogen (secondary N) is 2. The highest BCUT2D eigenvalue weighted by atomic mass is 16.3. The number of amides is 1. The third kappa shape index (κ3) is 3.33. The molecule has 0 aliphatic heterocycles. The average Bonchev–Trinajstić information content (AvgIpc) is 2.96. The van der Waals surface area contributed by atoms with Gasteiger partial charge in [0.25, 0.3) is 0 Å². The van der Waals surface area contributed by atoms with E-state index < -0.39 is 5.60 Å². The summed E-state index contributed by atoms with van der Waals surface area (Å²) in [6.45, 7) is 0. The summed E-state index contributed by atoms with van der Waals surface area (Å²) in [7, 11) is 0. The maximum atomic E-state index is 12.2. The molecule has 0 unspecified atom stereocenters. The fraction of sp³-hybridized carbons (Fsp3) is 0.438. The number of carbonyl (C=O) groups excluding carboxylic acids is 1. The van der Waals surface area contributed by atoms with E-state index in [1.165, 1.54) is 0 Å². The van der Waals surface area contributed by atoms with Gasteiger partial charge in [-0.3, -0.25) is 14.9 Å². The molecule has 1 aliphatic carbocycles. The number of nitrogens with zero attached hydrogens (tertiary/aromatic N) is 2. The molecule has 2 heterocycles. The van der Waals surface area contributed by atoms with Gasteiger partial charge in [-0.25, -0.2) is 0 Å². The van der Waals surface area contributed by atoms with Crippen molar-refractivity contribution >= 4 is 11.6 Å². The first-order valence-corrected chi connectivity index (χ1v) is 7.63. The topological polar surface area (TPSA) is 90.9 Å². The molecular formula is C16H20N4O2. The first-order valence-electron chi connectivity index (χ1n) is 7.63. The molecule has 116 valence electrons. The number of hydrogen-bond donors (Lipinski definition) is 3. The summed E-state index contributed by atoms with van der Waals surface area (Å²) in [5, 5.41) is 20.1. The van der Waals surface area contributed by atoms with Crippen molar-refractivity contribution in [3.05, 3.63) is 30.6 Å². The molecule has 1 amide bonds. The number of hydrogen-bond acceptors (Lipinski definition) is 4. The van der Waals surface area contributed by atoms with Gasteiger partial charge in [-0.1, -0.05) is 25.3 Å². The monoisotopic (exact) mass is 300 g/mol.